The highest BCUT2D eigenvalue weighted by Gasteiger charge is 2.55. The van der Waals surface area contributed by atoms with Crippen LogP contribution in [-0.2, 0) is 29.1 Å². The molecule has 0 aromatic heterocycles. The molecule has 5 rings (SSSR count). The van der Waals surface area contributed by atoms with E-state index in [-0.39, 0.29) is 16.1 Å². The van der Waals surface area contributed by atoms with E-state index in [9.17, 15) is 22.8 Å². The standard InChI is InChI=1S/C25H34N2O6S/c1-15-4-5-21(6-16(15)2)34(31,32)27-13-22(28)26-14-23(29)33-17(3)24(30)25-10-18-7-19(11-25)9-20(8-18)12-25/h4-6,17-20,27H,7-14H2,1-3H3,(H,26,28). The fourth-order valence-electron chi connectivity index (χ4n) is 6.49. The molecule has 4 aliphatic carbocycles. The average Bonchev–Trinajstić information content (AvgIpc) is 2.76. The predicted octanol–water partition coefficient (Wildman–Crippen LogP) is 2.42. The van der Waals surface area contributed by atoms with E-state index in [1.165, 1.54) is 31.4 Å². The Kier molecular flexibility index (Phi) is 6.88. The van der Waals surface area contributed by atoms with Gasteiger partial charge in [-0.3, -0.25) is 14.4 Å². The molecule has 34 heavy (non-hydrogen) atoms. The lowest BCUT2D eigenvalue weighted by atomic mass is 9.48. The number of hydrogen-bond acceptors (Lipinski definition) is 6. The molecule has 4 fully saturated rings. The van der Waals surface area contributed by atoms with Crippen molar-refractivity contribution in [3.05, 3.63) is 29.3 Å². The Labute approximate surface area is 201 Å². The van der Waals surface area contributed by atoms with E-state index in [1.54, 1.807) is 13.0 Å². The number of rotatable bonds is 9. The van der Waals surface area contributed by atoms with E-state index in [1.807, 2.05) is 13.8 Å². The van der Waals surface area contributed by atoms with Gasteiger partial charge in [0.1, 0.15) is 6.54 Å². The van der Waals surface area contributed by atoms with Crippen LogP contribution in [0.3, 0.4) is 0 Å². The fraction of sp³-hybridized carbons (Fsp3) is 0.640. The molecule has 0 spiro atoms. The van der Waals surface area contributed by atoms with Gasteiger partial charge in [-0.25, -0.2) is 13.1 Å². The number of benzene rings is 1. The molecule has 186 valence electrons. The molecule has 1 atom stereocenters. The summed E-state index contributed by atoms with van der Waals surface area (Å²) >= 11 is 0. The Hall–Kier alpha value is -2.26. The number of carbonyl (C=O) groups is 3. The first kappa shape index (κ1) is 24.9. The summed E-state index contributed by atoms with van der Waals surface area (Å²) in [6, 6.07) is 4.71. The molecule has 4 aliphatic rings. The van der Waals surface area contributed by atoms with Crippen LogP contribution in [0.4, 0.5) is 0 Å². The molecule has 0 saturated heterocycles. The molecule has 4 saturated carbocycles. The Morgan fingerprint density at radius 1 is 1.00 bits per heavy atom. The first-order chi connectivity index (χ1) is 16.0. The van der Waals surface area contributed by atoms with Crippen molar-refractivity contribution in [3.8, 4) is 0 Å². The molecule has 0 aliphatic heterocycles. The third kappa shape index (κ3) is 5.20. The Morgan fingerprint density at radius 3 is 2.15 bits per heavy atom. The first-order valence-electron chi connectivity index (χ1n) is 12.0. The molecule has 8 nitrogen and oxygen atoms in total. The highest BCUT2D eigenvalue weighted by Crippen LogP contribution is 2.60. The number of Topliss-reactive ketones (excluding diaryl/α,β-unsaturated/α-hetero) is 1. The summed E-state index contributed by atoms with van der Waals surface area (Å²) in [5, 5.41) is 2.35. The number of amides is 1. The van der Waals surface area contributed by atoms with Crippen molar-refractivity contribution < 1.29 is 27.5 Å². The molecular formula is C25H34N2O6S. The summed E-state index contributed by atoms with van der Waals surface area (Å²) in [5.74, 6) is 0.479. The second kappa shape index (κ2) is 9.41. The summed E-state index contributed by atoms with van der Waals surface area (Å²) in [6.07, 6.45) is 5.51. The van der Waals surface area contributed by atoms with Gasteiger partial charge in [-0.1, -0.05) is 6.07 Å². The van der Waals surface area contributed by atoms with Crippen LogP contribution in [0, 0.1) is 37.0 Å². The minimum atomic E-state index is -3.86. The molecular weight excluding hydrogens is 456 g/mol. The lowest BCUT2D eigenvalue weighted by Gasteiger charge is -2.56. The van der Waals surface area contributed by atoms with Crippen LogP contribution >= 0.6 is 0 Å². The molecule has 0 radical (unpaired) electrons. The van der Waals surface area contributed by atoms with Gasteiger partial charge < -0.3 is 10.1 Å². The maximum absolute atomic E-state index is 13.2. The van der Waals surface area contributed by atoms with Crippen molar-refractivity contribution in [1.82, 2.24) is 10.0 Å². The van der Waals surface area contributed by atoms with Crippen molar-refractivity contribution in [3.63, 3.8) is 0 Å². The summed E-state index contributed by atoms with van der Waals surface area (Å²) in [5.41, 5.74) is 1.43. The third-order valence-electron chi connectivity index (χ3n) is 7.88. The lowest BCUT2D eigenvalue weighted by molar-refractivity contribution is -0.164. The summed E-state index contributed by atoms with van der Waals surface area (Å²) < 4.78 is 32.4. The monoisotopic (exact) mass is 490 g/mol. The quantitative estimate of drug-likeness (QED) is 0.513. The molecule has 9 heteroatoms. The zero-order chi connectivity index (χ0) is 24.7. The highest BCUT2D eigenvalue weighted by atomic mass is 32.2. The van der Waals surface area contributed by atoms with Crippen molar-refractivity contribution in [1.29, 1.82) is 0 Å². The predicted molar refractivity (Wildman–Crippen MR) is 125 cm³/mol. The van der Waals surface area contributed by atoms with Gasteiger partial charge in [0.25, 0.3) is 0 Å². The number of nitrogens with one attached hydrogen (secondary N) is 2. The zero-order valence-corrected chi connectivity index (χ0v) is 20.9. The maximum atomic E-state index is 13.2. The Bertz CT molecular complexity index is 1060. The number of ketones is 1. The van der Waals surface area contributed by atoms with Crippen LogP contribution in [-0.4, -0.2) is 45.3 Å². The summed E-state index contributed by atoms with van der Waals surface area (Å²) in [7, 11) is -3.86. The van der Waals surface area contributed by atoms with E-state index in [0.717, 1.165) is 30.4 Å². The van der Waals surface area contributed by atoms with E-state index in [2.05, 4.69) is 10.0 Å². The number of hydrogen-bond donors (Lipinski definition) is 2. The molecule has 4 bridgehead atoms. The molecule has 2 N–H and O–H groups in total. The summed E-state index contributed by atoms with van der Waals surface area (Å²) in [4.78, 5) is 37.6. The van der Waals surface area contributed by atoms with Gasteiger partial charge in [0, 0.05) is 5.41 Å². The third-order valence-corrected chi connectivity index (χ3v) is 9.28. The van der Waals surface area contributed by atoms with Crippen LogP contribution in [0.2, 0.25) is 0 Å². The van der Waals surface area contributed by atoms with Gasteiger partial charge in [-0.2, -0.15) is 0 Å². The SMILES string of the molecule is Cc1ccc(S(=O)(=O)NCC(=O)NCC(=O)OC(C)C(=O)C23CC4CC(CC(C4)C2)C3)cc1C. The lowest BCUT2D eigenvalue weighted by Crippen LogP contribution is -2.53. The van der Waals surface area contributed by atoms with Crippen molar-refractivity contribution in [2.45, 2.75) is 70.3 Å². The second-order valence-corrected chi connectivity index (χ2v) is 12.3. The average molecular weight is 491 g/mol. The van der Waals surface area contributed by atoms with Crippen molar-refractivity contribution in [2.75, 3.05) is 13.1 Å². The van der Waals surface area contributed by atoms with Crippen molar-refractivity contribution >= 4 is 27.7 Å². The van der Waals surface area contributed by atoms with Crippen LogP contribution in [0.5, 0.6) is 0 Å². The molecule has 1 amide bonds. The second-order valence-electron chi connectivity index (χ2n) is 10.5. The van der Waals surface area contributed by atoms with Gasteiger partial charge >= 0.3 is 5.97 Å². The van der Waals surface area contributed by atoms with Gasteiger partial charge in [-0.15, -0.1) is 0 Å². The van der Waals surface area contributed by atoms with E-state index < -0.39 is 41.1 Å². The van der Waals surface area contributed by atoms with Gasteiger partial charge in [0.15, 0.2) is 11.9 Å². The van der Waals surface area contributed by atoms with Gasteiger partial charge in [-0.05, 0) is 100 Å². The van der Waals surface area contributed by atoms with Gasteiger partial charge in [0.05, 0.1) is 11.4 Å². The normalized spacial score (nSPS) is 28.4. The van der Waals surface area contributed by atoms with Gasteiger partial charge in [0.2, 0.25) is 15.9 Å². The topological polar surface area (TPSA) is 119 Å². The molecule has 1 unspecified atom stereocenters. The maximum Gasteiger partial charge on any atom is 0.326 e. The Morgan fingerprint density at radius 2 is 1.59 bits per heavy atom. The molecule has 1 aromatic carbocycles. The number of esters is 1. The zero-order valence-electron chi connectivity index (χ0n) is 20.1. The highest BCUT2D eigenvalue weighted by molar-refractivity contribution is 7.89. The molecule has 0 heterocycles. The minimum Gasteiger partial charge on any atom is -0.453 e. The van der Waals surface area contributed by atoms with Crippen molar-refractivity contribution in [2.24, 2.45) is 23.2 Å². The molecule has 1 aromatic rings. The first-order valence-corrected chi connectivity index (χ1v) is 13.5. The van der Waals surface area contributed by atoms with E-state index in [0.29, 0.717) is 17.8 Å². The van der Waals surface area contributed by atoms with Crippen LogP contribution in [0.15, 0.2) is 23.1 Å². The smallest absolute Gasteiger partial charge is 0.326 e. The van der Waals surface area contributed by atoms with Crippen LogP contribution in [0.1, 0.15) is 56.6 Å². The minimum absolute atomic E-state index is 0.00688. The van der Waals surface area contributed by atoms with Crippen LogP contribution < -0.4 is 10.0 Å². The fourth-order valence-corrected chi connectivity index (χ4v) is 7.56. The number of sulfonamides is 1. The summed E-state index contributed by atoms with van der Waals surface area (Å²) in [6.45, 7) is 4.36. The van der Waals surface area contributed by atoms with Crippen LogP contribution in [0.25, 0.3) is 0 Å². The number of carbonyl (C=O) groups excluding carboxylic acids is 3. The van der Waals surface area contributed by atoms with E-state index >= 15 is 0 Å². The van der Waals surface area contributed by atoms with E-state index in [4.69, 9.17) is 4.74 Å². The largest absolute Gasteiger partial charge is 0.453 e. The number of ether oxygens (including phenoxy) is 1. The Balaban J connectivity index is 1.23. The number of aryl methyl sites for hydroxylation is 2.